The van der Waals surface area contributed by atoms with Crippen molar-refractivity contribution in [1.82, 2.24) is 4.98 Å². The van der Waals surface area contributed by atoms with Gasteiger partial charge in [0.2, 0.25) is 0 Å². The maximum atomic E-state index is 5.71. The summed E-state index contributed by atoms with van der Waals surface area (Å²) in [6.45, 7) is 4.00. The summed E-state index contributed by atoms with van der Waals surface area (Å²) in [7, 11) is 0. The summed E-state index contributed by atoms with van der Waals surface area (Å²) in [6.07, 6.45) is 8.58. The van der Waals surface area contributed by atoms with Crippen LogP contribution in [0.2, 0.25) is 0 Å². The van der Waals surface area contributed by atoms with Gasteiger partial charge in [0.15, 0.2) is 0 Å². The number of unbranched alkanes of at least 4 members (excludes halogenated alkanes) is 4. The molecule has 2 nitrogen and oxygen atoms in total. The number of ether oxygens (including phenoxy) is 1. The lowest BCUT2D eigenvalue weighted by Gasteiger charge is -2.03. The van der Waals surface area contributed by atoms with Crippen molar-refractivity contribution in [3.63, 3.8) is 0 Å². The van der Waals surface area contributed by atoms with Gasteiger partial charge < -0.3 is 4.74 Å². The van der Waals surface area contributed by atoms with Gasteiger partial charge in [-0.3, -0.25) is 0 Å². The number of halogens is 1. The summed E-state index contributed by atoms with van der Waals surface area (Å²) in [5, 5.41) is 3.22. The lowest BCUT2D eigenvalue weighted by molar-refractivity contribution is 0.127. The number of hydrogen-bond donors (Lipinski definition) is 0. The summed E-state index contributed by atoms with van der Waals surface area (Å²) in [5.74, 6) is 0.519. The van der Waals surface area contributed by atoms with E-state index in [1.54, 1.807) is 11.3 Å². The molecule has 0 amide bonds. The van der Waals surface area contributed by atoms with Gasteiger partial charge in [0.1, 0.15) is 0 Å². The molecule has 0 saturated carbocycles. The number of alkyl halides is 1. The fourth-order valence-corrected chi connectivity index (χ4v) is 2.83. The zero-order valence-corrected chi connectivity index (χ0v) is 12.9. The zero-order chi connectivity index (χ0) is 13.1. The second-order valence-corrected chi connectivity index (χ2v) is 5.71. The molecule has 0 fully saturated rings. The molecule has 0 bridgehead atoms. The quantitative estimate of drug-likeness (QED) is 0.431. The Balaban J connectivity index is 1.89. The van der Waals surface area contributed by atoms with E-state index >= 15 is 0 Å². The van der Waals surface area contributed by atoms with Gasteiger partial charge in [0, 0.05) is 25.0 Å². The average molecular weight is 290 g/mol. The third-order valence-electron chi connectivity index (χ3n) is 2.81. The summed E-state index contributed by atoms with van der Waals surface area (Å²) < 4.78 is 5.62. The molecule has 0 radical (unpaired) electrons. The Kier molecular flexibility index (Phi) is 9.54. The van der Waals surface area contributed by atoms with Crippen molar-refractivity contribution in [3.8, 4) is 0 Å². The van der Waals surface area contributed by atoms with Crippen LogP contribution in [0.25, 0.3) is 0 Å². The molecular formula is C14H24ClNOS. The molecule has 1 aromatic heterocycles. The predicted molar refractivity (Wildman–Crippen MR) is 79.6 cm³/mol. The van der Waals surface area contributed by atoms with E-state index in [4.69, 9.17) is 16.3 Å². The average Bonchev–Trinajstić information content (AvgIpc) is 2.85. The van der Waals surface area contributed by atoms with Crippen molar-refractivity contribution in [3.05, 3.63) is 16.1 Å². The Hall–Kier alpha value is -0.120. The highest BCUT2D eigenvalue weighted by Crippen LogP contribution is 2.13. The molecular weight excluding hydrogens is 266 g/mol. The fraction of sp³-hybridized carbons (Fsp3) is 0.786. The molecule has 0 aromatic carbocycles. The molecule has 0 atom stereocenters. The van der Waals surface area contributed by atoms with Crippen molar-refractivity contribution in [2.45, 2.75) is 57.7 Å². The second kappa shape index (κ2) is 10.8. The number of nitrogens with zero attached hydrogens (tertiary/aromatic N) is 1. The Morgan fingerprint density at radius 3 is 2.67 bits per heavy atom. The van der Waals surface area contributed by atoms with Crippen LogP contribution < -0.4 is 0 Å². The van der Waals surface area contributed by atoms with Crippen LogP contribution in [0.3, 0.4) is 0 Å². The van der Waals surface area contributed by atoms with Crippen LogP contribution in [0.1, 0.15) is 56.2 Å². The van der Waals surface area contributed by atoms with E-state index < -0.39 is 0 Å². The first-order valence-corrected chi connectivity index (χ1v) is 8.35. The van der Waals surface area contributed by atoms with Crippen LogP contribution in [0, 0.1) is 0 Å². The molecule has 18 heavy (non-hydrogen) atoms. The Morgan fingerprint density at radius 1 is 1.17 bits per heavy atom. The molecule has 0 aliphatic rings. The van der Waals surface area contributed by atoms with Gasteiger partial charge in [0.25, 0.3) is 0 Å². The molecule has 104 valence electrons. The summed E-state index contributed by atoms with van der Waals surface area (Å²) in [4.78, 5) is 4.43. The first-order valence-electron chi connectivity index (χ1n) is 6.93. The number of aryl methyl sites for hydroxylation is 1. The highest BCUT2D eigenvalue weighted by molar-refractivity contribution is 7.09. The van der Waals surface area contributed by atoms with Gasteiger partial charge in [-0.2, -0.15) is 0 Å². The lowest BCUT2D eigenvalue weighted by Crippen LogP contribution is -1.99. The van der Waals surface area contributed by atoms with Crippen molar-refractivity contribution in [1.29, 1.82) is 0 Å². The Bertz CT molecular complexity index is 304. The van der Waals surface area contributed by atoms with E-state index in [1.807, 2.05) is 5.38 Å². The van der Waals surface area contributed by atoms with Gasteiger partial charge in [-0.25, -0.2) is 4.98 Å². The lowest BCUT2D eigenvalue weighted by atomic mass is 10.2. The van der Waals surface area contributed by atoms with E-state index in [-0.39, 0.29) is 0 Å². The number of thiazole rings is 1. The van der Waals surface area contributed by atoms with Crippen LogP contribution in [0.15, 0.2) is 5.38 Å². The van der Waals surface area contributed by atoms with E-state index in [2.05, 4.69) is 11.9 Å². The van der Waals surface area contributed by atoms with Crippen molar-refractivity contribution in [2.24, 2.45) is 0 Å². The molecule has 0 N–H and O–H groups in total. The maximum absolute atomic E-state index is 5.71. The van der Waals surface area contributed by atoms with Gasteiger partial charge >= 0.3 is 0 Å². The molecule has 1 rings (SSSR count). The third-order valence-corrected chi connectivity index (χ3v) is 4.04. The van der Waals surface area contributed by atoms with E-state index in [1.165, 1.54) is 37.1 Å². The largest absolute Gasteiger partial charge is 0.381 e. The number of hydrogen-bond acceptors (Lipinski definition) is 3. The van der Waals surface area contributed by atoms with Gasteiger partial charge in [-0.15, -0.1) is 22.9 Å². The minimum atomic E-state index is 0.519. The molecule has 0 saturated heterocycles. The Labute approximate surface area is 120 Å². The molecule has 4 heteroatoms. The van der Waals surface area contributed by atoms with Gasteiger partial charge in [-0.1, -0.05) is 32.6 Å². The first kappa shape index (κ1) is 15.9. The van der Waals surface area contributed by atoms with Crippen LogP contribution in [0.4, 0.5) is 0 Å². The maximum Gasteiger partial charge on any atom is 0.0929 e. The molecule has 0 aliphatic heterocycles. The molecule has 0 spiro atoms. The highest BCUT2D eigenvalue weighted by Gasteiger charge is 2.00. The first-order chi connectivity index (χ1) is 8.86. The molecule has 1 aromatic rings. The molecule has 1 heterocycles. The number of rotatable bonds is 11. The minimum absolute atomic E-state index is 0.519. The Morgan fingerprint density at radius 2 is 1.94 bits per heavy atom. The topological polar surface area (TPSA) is 22.1 Å². The minimum Gasteiger partial charge on any atom is -0.381 e. The van der Waals surface area contributed by atoms with Crippen LogP contribution in [-0.4, -0.2) is 18.2 Å². The second-order valence-electron chi connectivity index (χ2n) is 4.50. The SMILES string of the molecule is CCCCCCCOCCCc1nc(CCl)cs1. The monoisotopic (exact) mass is 289 g/mol. The van der Waals surface area contributed by atoms with Crippen molar-refractivity contribution in [2.75, 3.05) is 13.2 Å². The summed E-state index contributed by atoms with van der Waals surface area (Å²) >= 11 is 7.41. The van der Waals surface area contributed by atoms with E-state index in [0.29, 0.717) is 5.88 Å². The van der Waals surface area contributed by atoms with Crippen molar-refractivity contribution >= 4 is 22.9 Å². The smallest absolute Gasteiger partial charge is 0.0929 e. The molecule has 0 unspecified atom stereocenters. The summed E-state index contributed by atoms with van der Waals surface area (Å²) in [5.41, 5.74) is 0.994. The number of aromatic nitrogens is 1. The summed E-state index contributed by atoms with van der Waals surface area (Å²) in [6, 6.07) is 0. The highest BCUT2D eigenvalue weighted by atomic mass is 35.5. The fourth-order valence-electron chi connectivity index (χ4n) is 1.76. The third kappa shape index (κ3) is 7.34. The standard InChI is InChI=1S/C14H24ClNOS/c1-2-3-4-5-6-9-17-10-7-8-14-16-13(11-15)12-18-14/h12H,2-11H2,1H3. The van der Waals surface area contributed by atoms with Crippen LogP contribution in [0.5, 0.6) is 0 Å². The van der Waals surface area contributed by atoms with E-state index in [9.17, 15) is 0 Å². The predicted octanol–water partition coefficient (Wildman–Crippen LogP) is 4.80. The normalized spacial score (nSPS) is 11.0. The van der Waals surface area contributed by atoms with Crippen molar-refractivity contribution < 1.29 is 4.74 Å². The van der Waals surface area contributed by atoms with E-state index in [0.717, 1.165) is 31.7 Å². The molecule has 0 aliphatic carbocycles. The van der Waals surface area contributed by atoms with Crippen LogP contribution >= 0.6 is 22.9 Å². The van der Waals surface area contributed by atoms with Crippen LogP contribution in [-0.2, 0) is 17.0 Å². The zero-order valence-electron chi connectivity index (χ0n) is 11.3. The van der Waals surface area contributed by atoms with Gasteiger partial charge in [0.05, 0.1) is 16.6 Å². The van der Waals surface area contributed by atoms with Gasteiger partial charge in [-0.05, 0) is 12.8 Å².